The molecule has 1 aromatic heterocycles. The third kappa shape index (κ3) is 4.04. The first-order valence-electron chi connectivity index (χ1n) is 8.71. The van der Waals surface area contributed by atoms with E-state index in [2.05, 4.69) is 24.4 Å². The maximum absolute atomic E-state index is 12.9. The summed E-state index contributed by atoms with van der Waals surface area (Å²) in [5.41, 5.74) is 1.19. The molecule has 0 bridgehead atoms. The first-order chi connectivity index (χ1) is 11.2. The molecule has 1 N–H and O–H groups in total. The van der Waals surface area contributed by atoms with Crippen molar-refractivity contribution in [3.8, 4) is 0 Å². The van der Waals surface area contributed by atoms with Crippen LogP contribution in [-0.4, -0.2) is 16.5 Å². The summed E-state index contributed by atoms with van der Waals surface area (Å²) in [5, 5.41) is 3.32. The molecule has 1 saturated carbocycles. The van der Waals surface area contributed by atoms with E-state index in [0.29, 0.717) is 12.0 Å². The lowest BCUT2D eigenvalue weighted by molar-refractivity contribution is -0.125. The van der Waals surface area contributed by atoms with Crippen molar-refractivity contribution in [2.75, 3.05) is 0 Å². The predicted octanol–water partition coefficient (Wildman–Crippen LogP) is 3.97. The molecule has 1 heterocycles. The Balaban J connectivity index is 1.73. The van der Waals surface area contributed by atoms with E-state index in [-0.39, 0.29) is 11.9 Å². The normalized spacial score (nSPS) is 22.5. The largest absolute Gasteiger partial charge is 0.351 e. The monoisotopic (exact) mass is 310 g/mol. The zero-order chi connectivity index (χ0) is 16.1. The van der Waals surface area contributed by atoms with E-state index >= 15 is 0 Å². The quantitative estimate of drug-likeness (QED) is 0.891. The van der Waals surface area contributed by atoms with E-state index in [4.69, 9.17) is 0 Å². The molecule has 0 unspecified atom stereocenters. The molecule has 23 heavy (non-hydrogen) atoms. The van der Waals surface area contributed by atoms with Gasteiger partial charge in [0.15, 0.2) is 0 Å². The fourth-order valence-corrected chi connectivity index (χ4v) is 3.54. The number of hydrogen-bond acceptors (Lipinski definition) is 1. The Kier molecular flexibility index (Phi) is 5.16. The number of nitrogens with zero attached hydrogens (tertiary/aromatic N) is 1. The van der Waals surface area contributed by atoms with E-state index in [0.717, 1.165) is 12.8 Å². The molecule has 3 rings (SSSR count). The lowest BCUT2D eigenvalue weighted by atomic mass is 9.85. The van der Waals surface area contributed by atoms with Crippen molar-refractivity contribution in [1.82, 2.24) is 9.88 Å². The number of carbonyl (C=O) groups excluding carboxylic acids is 1. The van der Waals surface area contributed by atoms with Crippen molar-refractivity contribution < 1.29 is 4.79 Å². The zero-order valence-corrected chi connectivity index (χ0v) is 13.8. The van der Waals surface area contributed by atoms with Crippen LogP contribution in [0.5, 0.6) is 0 Å². The summed E-state index contributed by atoms with van der Waals surface area (Å²) < 4.78 is 2.02. The van der Waals surface area contributed by atoms with Crippen LogP contribution in [0.25, 0.3) is 0 Å². The summed E-state index contributed by atoms with van der Waals surface area (Å²) in [6, 6.07) is 14.4. The maximum atomic E-state index is 12.9. The second-order valence-corrected chi connectivity index (χ2v) is 6.71. The second kappa shape index (κ2) is 7.49. The zero-order valence-electron chi connectivity index (χ0n) is 13.8. The molecular weight excluding hydrogens is 284 g/mol. The van der Waals surface area contributed by atoms with Crippen LogP contribution < -0.4 is 5.32 Å². The highest BCUT2D eigenvalue weighted by molar-refractivity contribution is 5.81. The Morgan fingerprint density at radius 2 is 1.83 bits per heavy atom. The van der Waals surface area contributed by atoms with E-state index < -0.39 is 0 Å². The minimum absolute atomic E-state index is 0.142. The molecule has 2 aromatic rings. The Bertz CT molecular complexity index is 606. The Hall–Kier alpha value is -2.03. The molecule has 1 aromatic carbocycles. The van der Waals surface area contributed by atoms with Crippen LogP contribution in [0.3, 0.4) is 0 Å². The summed E-state index contributed by atoms with van der Waals surface area (Å²) in [4.78, 5) is 12.9. The van der Waals surface area contributed by atoms with Gasteiger partial charge in [0.2, 0.25) is 5.91 Å². The molecule has 122 valence electrons. The Morgan fingerprint density at radius 3 is 2.52 bits per heavy atom. The van der Waals surface area contributed by atoms with Gasteiger partial charge in [-0.05, 0) is 36.5 Å². The molecule has 0 radical (unpaired) electrons. The van der Waals surface area contributed by atoms with Crippen molar-refractivity contribution in [3.63, 3.8) is 0 Å². The summed E-state index contributed by atoms with van der Waals surface area (Å²) >= 11 is 0. The van der Waals surface area contributed by atoms with Gasteiger partial charge < -0.3 is 9.88 Å². The minimum Gasteiger partial charge on any atom is -0.351 e. The smallest absolute Gasteiger partial charge is 0.243 e. The fourth-order valence-electron chi connectivity index (χ4n) is 3.54. The topological polar surface area (TPSA) is 34.0 Å². The van der Waals surface area contributed by atoms with Crippen molar-refractivity contribution in [2.45, 2.75) is 51.1 Å². The number of hydrogen-bond donors (Lipinski definition) is 1. The van der Waals surface area contributed by atoms with Crippen LogP contribution in [0.1, 0.15) is 44.2 Å². The van der Waals surface area contributed by atoms with Crippen molar-refractivity contribution in [1.29, 1.82) is 0 Å². The van der Waals surface area contributed by atoms with Gasteiger partial charge in [-0.3, -0.25) is 4.79 Å². The molecular formula is C20H26N2O. The number of benzene rings is 1. The molecule has 0 aliphatic heterocycles. The first kappa shape index (κ1) is 15.9. The lowest BCUT2D eigenvalue weighted by Crippen LogP contribution is -2.44. The summed E-state index contributed by atoms with van der Waals surface area (Å²) in [6.45, 7) is 2.26. The van der Waals surface area contributed by atoms with E-state index in [1.165, 1.54) is 24.8 Å². The predicted molar refractivity (Wildman–Crippen MR) is 93.2 cm³/mol. The SMILES string of the molecule is C[C@@H]1CCCC[C@@H]1NC(=O)[C@H](Cc1ccccc1)n1cccc1. The third-order valence-corrected chi connectivity index (χ3v) is 5.00. The van der Waals surface area contributed by atoms with E-state index in [1.807, 2.05) is 47.3 Å². The molecule has 1 fully saturated rings. The molecule has 1 aliphatic carbocycles. The van der Waals surface area contributed by atoms with Crippen LogP contribution in [0, 0.1) is 5.92 Å². The Labute approximate surface area is 138 Å². The number of carbonyl (C=O) groups is 1. The van der Waals surface area contributed by atoms with Gasteiger partial charge >= 0.3 is 0 Å². The number of nitrogens with one attached hydrogen (secondary N) is 1. The molecule has 1 aliphatic rings. The second-order valence-electron chi connectivity index (χ2n) is 6.71. The molecule has 0 saturated heterocycles. The van der Waals surface area contributed by atoms with Crippen molar-refractivity contribution in [3.05, 3.63) is 60.4 Å². The first-order valence-corrected chi connectivity index (χ1v) is 8.71. The van der Waals surface area contributed by atoms with Gasteiger partial charge in [0.05, 0.1) is 0 Å². The van der Waals surface area contributed by atoms with Gasteiger partial charge in [0, 0.05) is 24.9 Å². The fraction of sp³-hybridized carbons (Fsp3) is 0.450. The lowest BCUT2D eigenvalue weighted by Gasteiger charge is -2.31. The van der Waals surface area contributed by atoms with Gasteiger partial charge in [0.1, 0.15) is 6.04 Å². The van der Waals surface area contributed by atoms with Crippen molar-refractivity contribution >= 4 is 5.91 Å². The van der Waals surface area contributed by atoms with E-state index in [1.54, 1.807) is 0 Å². The van der Waals surface area contributed by atoms with Gasteiger partial charge in [-0.25, -0.2) is 0 Å². The maximum Gasteiger partial charge on any atom is 0.243 e. The number of aromatic nitrogens is 1. The molecule has 0 spiro atoms. The summed E-state index contributed by atoms with van der Waals surface area (Å²) in [6.07, 6.45) is 9.53. The molecule has 3 nitrogen and oxygen atoms in total. The Morgan fingerprint density at radius 1 is 1.13 bits per heavy atom. The molecule has 3 heteroatoms. The van der Waals surface area contributed by atoms with Crippen LogP contribution in [0.2, 0.25) is 0 Å². The summed E-state index contributed by atoms with van der Waals surface area (Å²) in [5.74, 6) is 0.721. The summed E-state index contributed by atoms with van der Waals surface area (Å²) in [7, 11) is 0. The van der Waals surface area contributed by atoms with Crippen LogP contribution in [-0.2, 0) is 11.2 Å². The average molecular weight is 310 g/mol. The average Bonchev–Trinajstić information content (AvgIpc) is 3.10. The van der Waals surface area contributed by atoms with Gasteiger partial charge in [-0.1, -0.05) is 50.1 Å². The van der Waals surface area contributed by atoms with Gasteiger partial charge in [-0.15, -0.1) is 0 Å². The van der Waals surface area contributed by atoms with Crippen LogP contribution in [0.4, 0.5) is 0 Å². The standard InChI is InChI=1S/C20H26N2O/c1-16-9-5-6-12-18(16)21-20(23)19(22-13-7-8-14-22)15-17-10-3-2-4-11-17/h2-4,7-8,10-11,13-14,16,18-19H,5-6,9,12,15H2,1H3,(H,21,23)/t16-,18+,19+/m1/s1. The van der Waals surface area contributed by atoms with Crippen molar-refractivity contribution in [2.24, 2.45) is 5.92 Å². The highest BCUT2D eigenvalue weighted by Gasteiger charge is 2.27. The van der Waals surface area contributed by atoms with Gasteiger partial charge in [0.25, 0.3) is 0 Å². The highest BCUT2D eigenvalue weighted by atomic mass is 16.2. The van der Waals surface area contributed by atoms with E-state index in [9.17, 15) is 4.79 Å². The van der Waals surface area contributed by atoms with Crippen LogP contribution in [0.15, 0.2) is 54.9 Å². The highest BCUT2D eigenvalue weighted by Crippen LogP contribution is 2.25. The minimum atomic E-state index is -0.179. The molecule has 3 atom stereocenters. The number of rotatable bonds is 5. The third-order valence-electron chi connectivity index (χ3n) is 5.00. The molecule has 1 amide bonds. The van der Waals surface area contributed by atoms with Crippen LogP contribution >= 0.6 is 0 Å². The van der Waals surface area contributed by atoms with Gasteiger partial charge in [-0.2, -0.15) is 0 Å². The number of amides is 1.